The van der Waals surface area contributed by atoms with Gasteiger partial charge in [0.2, 0.25) is 0 Å². The number of rotatable bonds is 11. The lowest BCUT2D eigenvalue weighted by atomic mass is 9.96. The third-order valence-corrected chi connectivity index (χ3v) is 12.5. The topological polar surface area (TPSA) is 194 Å². The molecule has 6 atom stereocenters. The summed E-state index contributed by atoms with van der Waals surface area (Å²) in [7, 11) is 3.05. The number of fused-ring (bicyclic) bond motifs is 8. The van der Waals surface area contributed by atoms with E-state index in [1.54, 1.807) is 11.9 Å². The molecule has 13 nitrogen and oxygen atoms in total. The first-order valence-corrected chi connectivity index (χ1v) is 20.1. The van der Waals surface area contributed by atoms with E-state index < -0.39 is 42.4 Å². The number of aryl methyl sites for hydroxylation is 3. The quantitative estimate of drug-likeness (QED) is 0.118. The smallest absolute Gasteiger partial charge is 0.310 e. The molecule has 0 radical (unpaired) electrons. The summed E-state index contributed by atoms with van der Waals surface area (Å²) >= 11 is 1.24. The fourth-order valence-electron chi connectivity index (χ4n) is 7.80. The summed E-state index contributed by atoms with van der Waals surface area (Å²) in [6.45, 7) is 14.2. The molecule has 14 heteroatoms. The second-order valence-electron chi connectivity index (χ2n) is 14.9. The second kappa shape index (κ2) is 17.0. The molecular formula is C42H53N5O8S. The number of ether oxygens (including phenoxy) is 2. The van der Waals surface area contributed by atoms with Crippen molar-refractivity contribution in [2.75, 3.05) is 33.1 Å². The van der Waals surface area contributed by atoms with Gasteiger partial charge in [-0.2, -0.15) is 0 Å². The molecule has 1 saturated heterocycles. The maximum Gasteiger partial charge on any atom is 0.310 e. The van der Waals surface area contributed by atoms with Gasteiger partial charge in [-0.3, -0.25) is 14.6 Å². The summed E-state index contributed by atoms with van der Waals surface area (Å²) in [5, 5.41) is 40.4. The number of carbonyl (C=O) groups excluding carboxylic acids is 2. The first-order valence-electron chi connectivity index (χ1n) is 19.1. The SMILES string of the molecule is C=Cc1c(C)c2cc3nc(c(CC(=O)OC)c4nc(cc5[nH]c(cc1[nH]2)c(C)c5CC)C(C)=C4C(=O)N(C)CCCS[C@@H]1O[C@H](CO)[C@@H](O)[C@H](O)[C@H]1O)C[C@@H]3C. The molecule has 0 unspecified atom stereocenters. The van der Waals surface area contributed by atoms with Crippen molar-refractivity contribution in [2.45, 2.75) is 96.1 Å². The predicted molar refractivity (Wildman–Crippen MR) is 219 cm³/mol. The van der Waals surface area contributed by atoms with E-state index in [1.165, 1.54) is 18.9 Å². The van der Waals surface area contributed by atoms with Crippen LogP contribution in [0.25, 0.3) is 39.3 Å². The highest BCUT2D eigenvalue weighted by Crippen LogP contribution is 2.37. The Kier molecular flexibility index (Phi) is 12.6. The van der Waals surface area contributed by atoms with Crippen molar-refractivity contribution < 1.29 is 39.5 Å². The lowest BCUT2D eigenvalue weighted by Gasteiger charge is -2.39. The largest absolute Gasteiger partial charge is 0.469 e. The van der Waals surface area contributed by atoms with Gasteiger partial charge in [0.25, 0.3) is 5.91 Å². The second-order valence-corrected chi connectivity index (χ2v) is 16.1. The summed E-state index contributed by atoms with van der Waals surface area (Å²) in [4.78, 5) is 46.7. The molecule has 6 rings (SSSR count). The molecule has 56 heavy (non-hydrogen) atoms. The van der Waals surface area contributed by atoms with Gasteiger partial charge in [0.1, 0.15) is 29.9 Å². The summed E-state index contributed by atoms with van der Waals surface area (Å²) in [6.07, 6.45) is -1.67. The average Bonchev–Trinajstić information content (AvgIpc) is 3.89. The van der Waals surface area contributed by atoms with Crippen LogP contribution in [0.5, 0.6) is 0 Å². The molecule has 300 valence electrons. The Balaban J connectivity index is 1.46. The number of allylic oxidation sites excluding steroid dienone is 1. The van der Waals surface area contributed by atoms with Crippen LogP contribution in [0.4, 0.5) is 0 Å². The summed E-state index contributed by atoms with van der Waals surface area (Å²) in [5.74, 6) is -0.279. The number of nitrogens with zero attached hydrogens (tertiary/aromatic N) is 3. The van der Waals surface area contributed by atoms with Gasteiger partial charge >= 0.3 is 5.97 Å². The van der Waals surface area contributed by atoms with Crippen LogP contribution in [-0.4, -0.2) is 120 Å². The van der Waals surface area contributed by atoms with Gasteiger partial charge in [-0.15, -0.1) is 11.8 Å². The third-order valence-electron chi connectivity index (χ3n) is 11.2. The van der Waals surface area contributed by atoms with Crippen LogP contribution in [0.1, 0.15) is 83.7 Å². The standard InChI is InChI=1S/C42H53N5O8S/c1-9-24-21(4)28-16-27-20(3)14-31(43-27)26(15-35(49)54-8)37-36(23(6)30(46-37)18-33-25(10-2)22(5)29(45-33)17-32(24)44-28)41(53)47(7)12-11-13-56-42-40(52)39(51)38(50)34(19-48)55-42/h9,16-18,20,34,38-40,42,44-45,48,50-52H,1,10-15,19H2,2-8H3/t20-,34+,38+,39-,40+,42-/m0/s1. The van der Waals surface area contributed by atoms with E-state index in [9.17, 15) is 30.0 Å². The number of aliphatic hydroxyl groups excluding tert-OH is 4. The molecule has 0 saturated carbocycles. The molecule has 1 amide bonds. The summed E-state index contributed by atoms with van der Waals surface area (Å²) in [5.41, 5.74) is 11.2. The number of carbonyl (C=O) groups is 2. The number of aliphatic hydroxyl groups is 4. The zero-order chi connectivity index (χ0) is 40.6. The van der Waals surface area contributed by atoms with Crippen molar-refractivity contribution in [3.8, 4) is 0 Å². The number of aromatic amines is 2. The van der Waals surface area contributed by atoms with E-state index in [0.717, 1.165) is 56.4 Å². The Morgan fingerprint density at radius 3 is 2.41 bits per heavy atom. The lowest BCUT2D eigenvalue weighted by Crippen LogP contribution is -2.57. The number of likely N-dealkylation sites (N-methyl/N-ethyl adjacent to an activating group) is 1. The molecular weight excluding hydrogens is 735 g/mol. The Morgan fingerprint density at radius 1 is 1.02 bits per heavy atom. The summed E-state index contributed by atoms with van der Waals surface area (Å²) < 4.78 is 10.8. The zero-order valence-electron chi connectivity index (χ0n) is 33.1. The number of hydrogen-bond donors (Lipinski definition) is 6. The van der Waals surface area contributed by atoms with Crippen molar-refractivity contribution in [1.82, 2.24) is 24.8 Å². The molecule has 1 fully saturated rings. The first kappa shape index (κ1) is 41.3. The van der Waals surface area contributed by atoms with Crippen molar-refractivity contribution in [3.63, 3.8) is 0 Å². The fraction of sp³-hybridized carbons (Fsp3) is 0.476. The van der Waals surface area contributed by atoms with Gasteiger partial charge in [0.05, 0.1) is 37.1 Å². The number of methoxy groups -OCH3 is 1. The van der Waals surface area contributed by atoms with E-state index in [0.29, 0.717) is 58.9 Å². The van der Waals surface area contributed by atoms with Crippen LogP contribution in [-0.2, 0) is 38.3 Å². The number of esters is 1. The monoisotopic (exact) mass is 787 g/mol. The van der Waals surface area contributed by atoms with Crippen molar-refractivity contribution in [2.24, 2.45) is 0 Å². The van der Waals surface area contributed by atoms with E-state index in [4.69, 9.17) is 19.4 Å². The minimum absolute atomic E-state index is 0.0145. The van der Waals surface area contributed by atoms with Crippen molar-refractivity contribution in [3.05, 3.63) is 75.4 Å². The van der Waals surface area contributed by atoms with E-state index in [1.807, 2.05) is 25.1 Å². The van der Waals surface area contributed by atoms with Gasteiger partial charge in [-0.25, -0.2) is 4.98 Å². The molecule has 0 aromatic carbocycles. The van der Waals surface area contributed by atoms with E-state index in [-0.39, 0.29) is 18.2 Å². The maximum absolute atomic E-state index is 14.6. The average molecular weight is 788 g/mol. The molecule has 6 N–H and O–H groups in total. The Labute approximate surface area is 330 Å². The van der Waals surface area contributed by atoms with Gasteiger partial charge < -0.3 is 44.8 Å². The van der Waals surface area contributed by atoms with Gasteiger partial charge in [-0.05, 0) is 86.2 Å². The highest BCUT2D eigenvalue weighted by atomic mass is 32.2. The molecule has 3 aromatic rings. The molecule has 0 spiro atoms. The van der Waals surface area contributed by atoms with Crippen LogP contribution < -0.4 is 0 Å². The van der Waals surface area contributed by atoms with Gasteiger partial charge in [-0.1, -0.05) is 26.5 Å². The molecule has 0 aliphatic carbocycles. The van der Waals surface area contributed by atoms with Crippen molar-refractivity contribution in [1.29, 1.82) is 0 Å². The van der Waals surface area contributed by atoms with Crippen LogP contribution in [0.2, 0.25) is 0 Å². The number of thioether (sulfide) groups is 1. The van der Waals surface area contributed by atoms with E-state index >= 15 is 0 Å². The summed E-state index contributed by atoms with van der Waals surface area (Å²) in [6, 6.07) is 6.13. The Bertz CT molecular complexity index is 2230. The predicted octanol–water partition coefficient (Wildman–Crippen LogP) is 4.51. The normalized spacial score (nSPS) is 22.3. The molecule has 8 bridgehead atoms. The minimum Gasteiger partial charge on any atom is -0.469 e. The van der Waals surface area contributed by atoms with Gasteiger partial charge in [0, 0.05) is 64.1 Å². The van der Waals surface area contributed by atoms with Crippen molar-refractivity contribution >= 4 is 62.9 Å². The molecule has 3 aliphatic rings. The zero-order valence-corrected chi connectivity index (χ0v) is 33.9. The Hall–Kier alpha value is -4.31. The molecule has 6 heterocycles. The molecule has 3 aliphatic heterocycles. The minimum atomic E-state index is -1.45. The third kappa shape index (κ3) is 7.83. The number of nitrogens with one attached hydrogen (secondary N) is 2. The van der Waals surface area contributed by atoms with Crippen LogP contribution in [0.3, 0.4) is 0 Å². The van der Waals surface area contributed by atoms with E-state index in [2.05, 4.69) is 50.3 Å². The van der Waals surface area contributed by atoms with Gasteiger partial charge in [0.15, 0.2) is 0 Å². The van der Waals surface area contributed by atoms with Crippen LogP contribution in [0.15, 0.2) is 24.8 Å². The highest BCUT2D eigenvalue weighted by molar-refractivity contribution is 7.99. The number of H-pyrrole nitrogens is 2. The highest BCUT2D eigenvalue weighted by Gasteiger charge is 2.43. The maximum atomic E-state index is 14.6. The fourth-order valence-corrected chi connectivity index (χ4v) is 8.91. The van der Waals surface area contributed by atoms with Crippen LogP contribution in [0, 0.1) is 13.8 Å². The number of amides is 1. The Morgan fingerprint density at radius 2 is 1.73 bits per heavy atom. The molecule has 3 aromatic heterocycles. The number of hydrogen-bond acceptors (Lipinski definition) is 11. The lowest BCUT2D eigenvalue weighted by molar-refractivity contribution is -0.205. The first-order chi connectivity index (χ1) is 26.7. The van der Waals surface area contributed by atoms with Crippen LogP contribution >= 0.6 is 11.8 Å². The number of aromatic nitrogens is 4.